The predicted molar refractivity (Wildman–Crippen MR) is 77.7 cm³/mol. The third kappa shape index (κ3) is 3.15. The van der Waals surface area contributed by atoms with Crippen LogP contribution in [0.4, 0.5) is 11.6 Å². The van der Waals surface area contributed by atoms with Crippen molar-refractivity contribution in [2.75, 3.05) is 30.4 Å². The van der Waals surface area contributed by atoms with E-state index in [4.69, 9.17) is 0 Å². The van der Waals surface area contributed by atoms with Crippen LogP contribution in [-0.2, 0) is 0 Å². The molecule has 106 valence electrons. The SMILES string of the molecule is CNc1nc(C)nc(N2CCCC(C)(O)CC2)c1C. The molecule has 5 heteroatoms. The lowest BCUT2D eigenvalue weighted by molar-refractivity contribution is 0.0481. The third-order valence-corrected chi connectivity index (χ3v) is 3.83. The topological polar surface area (TPSA) is 61.3 Å². The first-order chi connectivity index (χ1) is 8.93. The molecule has 1 unspecified atom stereocenters. The molecule has 2 heterocycles. The summed E-state index contributed by atoms with van der Waals surface area (Å²) >= 11 is 0. The second-order valence-corrected chi connectivity index (χ2v) is 5.66. The molecule has 0 aromatic carbocycles. The average Bonchev–Trinajstić information content (AvgIpc) is 2.53. The summed E-state index contributed by atoms with van der Waals surface area (Å²) in [6.45, 7) is 7.67. The Kier molecular flexibility index (Phi) is 3.94. The first kappa shape index (κ1) is 14.1. The van der Waals surface area contributed by atoms with Crippen molar-refractivity contribution in [1.82, 2.24) is 9.97 Å². The van der Waals surface area contributed by atoms with Gasteiger partial charge in [0.05, 0.1) is 5.60 Å². The molecule has 0 saturated carbocycles. The fraction of sp³-hybridized carbons (Fsp3) is 0.714. The van der Waals surface area contributed by atoms with Gasteiger partial charge in [0.15, 0.2) is 0 Å². The second kappa shape index (κ2) is 5.33. The molecule has 0 spiro atoms. The summed E-state index contributed by atoms with van der Waals surface area (Å²) in [4.78, 5) is 11.3. The smallest absolute Gasteiger partial charge is 0.137 e. The van der Waals surface area contributed by atoms with Gasteiger partial charge < -0.3 is 15.3 Å². The highest BCUT2D eigenvalue weighted by Gasteiger charge is 2.26. The molecule has 1 aliphatic rings. The summed E-state index contributed by atoms with van der Waals surface area (Å²) in [5, 5.41) is 13.3. The zero-order valence-electron chi connectivity index (χ0n) is 12.3. The Morgan fingerprint density at radius 1 is 1.21 bits per heavy atom. The maximum atomic E-state index is 10.2. The first-order valence-electron chi connectivity index (χ1n) is 6.93. The Bertz CT molecular complexity index is 459. The highest BCUT2D eigenvalue weighted by Crippen LogP contribution is 2.28. The molecule has 1 aliphatic heterocycles. The highest BCUT2D eigenvalue weighted by atomic mass is 16.3. The molecular weight excluding hydrogens is 240 g/mol. The first-order valence-corrected chi connectivity index (χ1v) is 6.93. The summed E-state index contributed by atoms with van der Waals surface area (Å²) in [7, 11) is 1.88. The lowest BCUT2D eigenvalue weighted by Crippen LogP contribution is -2.29. The molecule has 19 heavy (non-hydrogen) atoms. The van der Waals surface area contributed by atoms with Gasteiger partial charge in [0, 0.05) is 25.7 Å². The quantitative estimate of drug-likeness (QED) is 0.854. The fourth-order valence-corrected chi connectivity index (χ4v) is 2.64. The molecule has 1 aromatic heterocycles. The summed E-state index contributed by atoms with van der Waals surface area (Å²) in [6, 6.07) is 0. The maximum Gasteiger partial charge on any atom is 0.137 e. The minimum absolute atomic E-state index is 0.545. The zero-order valence-corrected chi connectivity index (χ0v) is 12.3. The van der Waals surface area contributed by atoms with Crippen LogP contribution in [0.5, 0.6) is 0 Å². The van der Waals surface area contributed by atoms with Crippen LogP contribution < -0.4 is 10.2 Å². The van der Waals surface area contributed by atoms with E-state index in [1.165, 1.54) is 0 Å². The molecular formula is C14H24N4O. The molecule has 0 radical (unpaired) electrons. The number of nitrogens with one attached hydrogen (secondary N) is 1. The van der Waals surface area contributed by atoms with E-state index in [1.54, 1.807) is 0 Å². The molecule has 1 atom stereocenters. The Morgan fingerprint density at radius 2 is 1.95 bits per heavy atom. The number of aromatic nitrogens is 2. The average molecular weight is 264 g/mol. The Labute approximate surface area is 115 Å². The van der Waals surface area contributed by atoms with E-state index < -0.39 is 5.60 Å². The number of aryl methyl sites for hydroxylation is 1. The summed E-state index contributed by atoms with van der Waals surface area (Å²) < 4.78 is 0. The van der Waals surface area contributed by atoms with Crippen LogP contribution in [-0.4, -0.2) is 40.8 Å². The molecule has 1 fully saturated rings. The largest absolute Gasteiger partial charge is 0.390 e. The van der Waals surface area contributed by atoms with Crippen LogP contribution in [0, 0.1) is 13.8 Å². The van der Waals surface area contributed by atoms with Crippen molar-refractivity contribution in [3.8, 4) is 0 Å². The van der Waals surface area contributed by atoms with Crippen LogP contribution in [0.1, 0.15) is 37.6 Å². The van der Waals surface area contributed by atoms with Crippen molar-refractivity contribution >= 4 is 11.6 Å². The lowest BCUT2D eigenvalue weighted by Gasteiger charge is -2.25. The van der Waals surface area contributed by atoms with Gasteiger partial charge in [-0.2, -0.15) is 0 Å². The number of hydrogen-bond donors (Lipinski definition) is 2. The number of hydrogen-bond acceptors (Lipinski definition) is 5. The Balaban J connectivity index is 2.29. The third-order valence-electron chi connectivity index (χ3n) is 3.83. The molecule has 1 saturated heterocycles. The van der Waals surface area contributed by atoms with Gasteiger partial charge >= 0.3 is 0 Å². The predicted octanol–water partition coefficient (Wildman–Crippen LogP) is 1.88. The molecule has 2 N–H and O–H groups in total. The molecule has 5 nitrogen and oxygen atoms in total. The van der Waals surface area contributed by atoms with Crippen molar-refractivity contribution in [2.24, 2.45) is 0 Å². The number of anilines is 2. The van der Waals surface area contributed by atoms with Gasteiger partial charge in [0.25, 0.3) is 0 Å². The number of rotatable bonds is 2. The van der Waals surface area contributed by atoms with Crippen LogP contribution in [0.2, 0.25) is 0 Å². The molecule has 1 aromatic rings. The summed E-state index contributed by atoms with van der Waals surface area (Å²) in [6.07, 6.45) is 2.63. The van der Waals surface area contributed by atoms with E-state index in [1.807, 2.05) is 27.8 Å². The van der Waals surface area contributed by atoms with Crippen LogP contribution in [0.15, 0.2) is 0 Å². The molecule has 0 aliphatic carbocycles. The number of nitrogens with zero attached hydrogens (tertiary/aromatic N) is 3. The lowest BCUT2D eigenvalue weighted by atomic mass is 9.98. The van der Waals surface area contributed by atoms with Crippen LogP contribution >= 0.6 is 0 Å². The van der Waals surface area contributed by atoms with Gasteiger partial charge in [-0.3, -0.25) is 0 Å². The van der Waals surface area contributed by atoms with Crippen LogP contribution in [0.3, 0.4) is 0 Å². The van der Waals surface area contributed by atoms with E-state index in [0.29, 0.717) is 0 Å². The Morgan fingerprint density at radius 3 is 2.63 bits per heavy atom. The van der Waals surface area contributed by atoms with Gasteiger partial charge in [-0.1, -0.05) is 0 Å². The summed E-state index contributed by atoms with van der Waals surface area (Å²) in [5.74, 6) is 2.66. The van der Waals surface area contributed by atoms with Crippen molar-refractivity contribution < 1.29 is 5.11 Å². The van der Waals surface area contributed by atoms with Gasteiger partial charge in [0.1, 0.15) is 17.5 Å². The zero-order chi connectivity index (χ0) is 14.0. The van der Waals surface area contributed by atoms with Crippen molar-refractivity contribution in [2.45, 2.75) is 45.6 Å². The second-order valence-electron chi connectivity index (χ2n) is 5.66. The maximum absolute atomic E-state index is 10.2. The van der Waals surface area contributed by atoms with Gasteiger partial charge in [-0.15, -0.1) is 0 Å². The summed E-state index contributed by atoms with van der Waals surface area (Å²) in [5.41, 5.74) is 0.533. The van der Waals surface area contributed by atoms with E-state index in [2.05, 4.69) is 20.2 Å². The standard InChI is InChI=1S/C14H24N4O/c1-10-12(15-4)16-11(2)17-13(10)18-8-5-6-14(3,19)7-9-18/h19H,5-9H2,1-4H3,(H,15,16,17). The normalized spacial score (nSPS) is 24.2. The molecule has 0 bridgehead atoms. The number of aliphatic hydroxyl groups is 1. The van der Waals surface area contributed by atoms with Gasteiger partial charge in [-0.25, -0.2) is 9.97 Å². The minimum Gasteiger partial charge on any atom is -0.390 e. The van der Waals surface area contributed by atoms with E-state index in [-0.39, 0.29) is 0 Å². The monoisotopic (exact) mass is 264 g/mol. The fourth-order valence-electron chi connectivity index (χ4n) is 2.64. The minimum atomic E-state index is -0.545. The van der Waals surface area contributed by atoms with Crippen molar-refractivity contribution in [3.63, 3.8) is 0 Å². The van der Waals surface area contributed by atoms with E-state index in [0.717, 1.165) is 55.4 Å². The Hall–Kier alpha value is -1.36. The molecule has 0 amide bonds. The van der Waals surface area contributed by atoms with Gasteiger partial charge in [0.2, 0.25) is 0 Å². The highest BCUT2D eigenvalue weighted by molar-refractivity contribution is 5.58. The van der Waals surface area contributed by atoms with Gasteiger partial charge in [-0.05, 0) is 40.0 Å². The van der Waals surface area contributed by atoms with Crippen LogP contribution in [0.25, 0.3) is 0 Å². The molecule has 2 rings (SSSR count). The van der Waals surface area contributed by atoms with Crippen molar-refractivity contribution in [3.05, 3.63) is 11.4 Å². The van der Waals surface area contributed by atoms with Crippen molar-refractivity contribution in [1.29, 1.82) is 0 Å². The van der Waals surface area contributed by atoms with E-state index in [9.17, 15) is 5.11 Å². The van der Waals surface area contributed by atoms with E-state index >= 15 is 0 Å².